The van der Waals surface area contributed by atoms with Crippen LogP contribution in [0.2, 0.25) is 0 Å². The van der Waals surface area contributed by atoms with Crippen LogP contribution in [0.3, 0.4) is 0 Å². The van der Waals surface area contributed by atoms with Crippen molar-refractivity contribution >= 4 is 15.9 Å². The normalized spacial score (nSPS) is 14.5. The van der Waals surface area contributed by atoms with Gasteiger partial charge in [0.25, 0.3) is 0 Å². The van der Waals surface area contributed by atoms with Gasteiger partial charge in [0.15, 0.2) is 11.5 Å². The van der Waals surface area contributed by atoms with Gasteiger partial charge in [-0.3, -0.25) is 0 Å². The van der Waals surface area contributed by atoms with Crippen molar-refractivity contribution in [2.75, 3.05) is 6.79 Å². The Hall–Kier alpha value is -1.53. The second-order valence-electron chi connectivity index (χ2n) is 5.14. The van der Waals surface area contributed by atoms with E-state index >= 15 is 0 Å². The molecular formula is C15H17BrN2O3. The van der Waals surface area contributed by atoms with Gasteiger partial charge in [-0.1, -0.05) is 21.1 Å². The molecule has 0 amide bonds. The Bertz CT molecular complexity index is 650. The molecule has 5 nitrogen and oxygen atoms in total. The molecular weight excluding hydrogens is 336 g/mol. The molecule has 1 unspecified atom stereocenters. The third-order valence-corrected chi connectivity index (χ3v) is 4.40. The first-order chi connectivity index (χ1) is 10.1. The van der Waals surface area contributed by atoms with Crippen molar-refractivity contribution in [3.05, 3.63) is 39.2 Å². The molecule has 0 saturated carbocycles. The third kappa shape index (κ3) is 2.78. The monoisotopic (exact) mass is 352 g/mol. The van der Waals surface area contributed by atoms with E-state index < -0.39 is 0 Å². The maximum absolute atomic E-state index is 5.42. The van der Waals surface area contributed by atoms with E-state index in [0.29, 0.717) is 6.54 Å². The second kappa shape index (κ2) is 5.69. The zero-order valence-electron chi connectivity index (χ0n) is 12.2. The molecule has 0 radical (unpaired) electrons. The van der Waals surface area contributed by atoms with E-state index in [0.717, 1.165) is 38.6 Å². The van der Waals surface area contributed by atoms with E-state index in [1.54, 1.807) is 0 Å². The first-order valence-electron chi connectivity index (χ1n) is 6.80. The highest BCUT2D eigenvalue weighted by Gasteiger charge is 2.19. The Kier molecular flexibility index (Phi) is 3.91. The van der Waals surface area contributed by atoms with Crippen LogP contribution >= 0.6 is 15.9 Å². The number of aryl methyl sites for hydroxylation is 2. The fraction of sp³-hybridized carbons (Fsp3) is 0.400. The standard InChI is InChI=1S/C15H17BrN2O3/c1-8(15-9(2)18-21-10(15)3)17-6-11-4-13-14(5-12(11)16)20-7-19-13/h4-5,8,17H,6-7H2,1-3H3. The zero-order chi connectivity index (χ0) is 15.0. The van der Waals surface area contributed by atoms with Crippen molar-refractivity contribution in [1.29, 1.82) is 0 Å². The lowest BCUT2D eigenvalue weighted by atomic mass is 10.1. The number of aromatic nitrogens is 1. The lowest BCUT2D eigenvalue weighted by molar-refractivity contribution is 0.174. The molecule has 1 N–H and O–H groups in total. The first-order valence-corrected chi connectivity index (χ1v) is 7.59. The number of hydrogen-bond acceptors (Lipinski definition) is 5. The van der Waals surface area contributed by atoms with Crippen molar-refractivity contribution in [3.63, 3.8) is 0 Å². The highest BCUT2D eigenvalue weighted by atomic mass is 79.9. The molecule has 0 saturated heterocycles. The van der Waals surface area contributed by atoms with Crippen LogP contribution in [-0.2, 0) is 6.54 Å². The maximum atomic E-state index is 5.42. The van der Waals surface area contributed by atoms with E-state index in [9.17, 15) is 0 Å². The molecule has 1 aromatic heterocycles. The number of hydrogen-bond donors (Lipinski definition) is 1. The fourth-order valence-electron chi connectivity index (χ4n) is 2.57. The Balaban J connectivity index is 1.73. The van der Waals surface area contributed by atoms with Crippen LogP contribution in [0.4, 0.5) is 0 Å². The summed E-state index contributed by atoms with van der Waals surface area (Å²) in [4.78, 5) is 0. The van der Waals surface area contributed by atoms with Crippen molar-refractivity contribution in [3.8, 4) is 11.5 Å². The van der Waals surface area contributed by atoms with Crippen molar-refractivity contribution in [1.82, 2.24) is 10.5 Å². The molecule has 0 aliphatic carbocycles. The number of ether oxygens (including phenoxy) is 2. The molecule has 2 heterocycles. The average molecular weight is 353 g/mol. The van der Waals surface area contributed by atoms with Gasteiger partial charge in [-0.2, -0.15) is 0 Å². The molecule has 6 heteroatoms. The largest absolute Gasteiger partial charge is 0.454 e. The minimum Gasteiger partial charge on any atom is -0.454 e. The van der Waals surface area contributed by atoms with Crippen molar-refractivity contribution < 1.29 is 14.0 Å². The molecule has 3 rings (SSSR count). The molecule has 21 heavy (non-hydrogen) atoms. The van der Waals surface area contributed by atoms with Crippen LogP contribution in [0, 0.1) is 13.8 Å². The lowest BCUT2D eigenvalue weighted by Gasteiger charge is -2.15. The van der Waals surface area contributed by atoms with Crippen molar-refractivity contribution in [2.24, 2.45) is 0 Å². The van der Waals surface area contributed by atoms with Gasteiger partial charge in [-0.05, 0) is 38.5 Å². The Labute approximate surface area is 131 Å². The zero-order valence-corrected chi connectivity index (χ0v) is 13.8. The van der Waals surface area contributed by atoms with Crippen LogP contribution in [0.25, 0.3) is 0 Å². The molecule has 1 aliphatic heterocycles. The minimum atomic E-state index is 0.161. The summed E-state index contributed by atoms with van der Waals surface area (Å²) in [7, 11) is 0. The number of halogens is 1. The van der Waals surface area contributed by atoms with Gasteiger partial charge in [0, 0.05) is 22.6 Å². The Morgan fingerprint density at radius 3 is 2.67 bits per heavy atom. The molecule has 0 spiro atoms. The van der Waals surface area contributed by atoms with E-state index in [4.69, 9.17) is 14.0 Å². The number of nitrogens with zero attached hydrogens (tertiary/aromatic N) is 1. The van der Waals surface area contributed by atoms with Gasteiger partial charge in [0.1, 0.15) is 5.76 Å². The summed E-state index contributed by atoms with van der Waals surface area (Å²) in [5.41, 5.74) is 3.17. The predicted molar refractivity (Wildman–Crippen MR) is 81.5 cm³/mol. The summed E-state index contributed by atoms with van der Waals surface area (Å²) < 4.78 is 17.0. The average Bonchev–Trinajstić information content (AvgIpc) is 3.02. The highest BCUT2D eigenvalue weighted by molar-refractivity contribution is 9.10. The molecule has 112 valence electrons. The minimum absolute atomic E-state index is 0.161. The summed E-state index contributed by atoms with van der Waals surface area (Å²) >= 11 is 3.57. The molecule has 1 atom stereocenters. The predicted octanol–water partition coefficient (Wildman–Crippen LogP) is 3.63. The summed E-state index contributed by atoms with van der Waals surface area (Å²) in [6.07, 6.45) is 0. The van der Waals surface area contributed by atoms with Crippen LogP contribution in [0.15, 0.2) is 21.1 Å². The molecule has 0 fully saturated rings. The van der Waals surface area contributed by atoms with Crippen LogP contribution in [0.5, 0.6) is 11.5 Å². The molecule has 1 aliphatic rings. The van der Waals surface area contributed by atoms with Crippen molar-refractivity contribution in [2.45, 2.75) is 33.4 Å². The second-order valence-corrected chi connectivity index (χ2v) is 5.99. The van der Waals surface area contributed by atoms with Crippen LogP contribution in [0.1, 0.15) is 35.5 Å². The van der Waals surface area contributed by atoms with Gasteiger partial charge in [0.2, 0.25) is 6.79 Å². The lowest BCUT2D eigenvalue weighted by Crippen LogP contribution is -2.19. The summed E-state index contributed by atoms with van der Waals surface area (Å²) in [5.74, 6) is 2.43. The topological polar surface area (TPSA) is 56.5 Å². The maximum Gasteiger partial charge on any atom is 0.231 e. The molecule has 0 bridgehead atoms. The Morgan fingerprint density at radius 2 is 2.00 bits per heavy atom. The van der Waals surface area contributed by atoms with Crippen LogP contribution in [-0.4, -0.2) is 11.9 Å². The van der Waals surface area contributed by atoms with Gasteiger partial charge in [0.05, 0.1) is 5.69 Å². The van der Waals surface area contributed by atoms with E-state index in [1.807, 2.05) is 26.0 Å². The Morgan fingerprint density at radius 1 is 1.29 bits per heavy atom. The van der Waals surface area contributed by atoms with E-state index in [2.05, 4.69) is 33.3 Å². The fourth-order valence-corrected chi connectivity index (χ4v) is 3.03. The SMILES string of the molecule is Cc1noc(C)c1C(C)NCc1cc2c(cc1Br)OCO2. The molecule has 1 aromatic carbocycles. The van der Waals surface area contributed by atoms with Gasteiger partial charge in [-0.15, -0.1) is 0 Å². The highest BCUT2D eigenvalue weighted by Crippen LogP contribution is 2.37. The van der Waals surface area contributed by atoms with E-state index in [-0.39, 0.29) is 12.8 Å². The number of benzene rings is 1. The van der Waals surface area contributed by atoms with Crippen LogP contribution < -0.4 is 14.8 Å². The number of fused-ring (bicyclic) bond motifs is 1. The third-order valence-electron chi connectivity index (χ3n) is 3.66. The molecule has 2 aromatic rings. The number of rotatable bonds is 4. The summed E-state index contributed by atoms with van der Waals surface area (Å²) in [5, 5.41) is 7.48. The van der Waals surface area contributed by atoms with Gasteiger partial charge >= 0.3 is 0 Å². The summed E-state index contributed by atoms with van der Waals surface area (Å²) in [6, 6.07) is 4.10. The quantitative estimate of drug-likeness (QED) is 0.910. The first kappa shape index (κ1) is 14.4. The van der Waals surface area contributed by atoms with Gasteiger partial charge < -0.3 is 19.3 Å². The van der Waals surface area contributed by atoms with E-state index in [1.165, 1.54) is 0 Å². The van der Waals surface area contributed by atoms with Gasteiger partial charge in [-0.25, -0.2) is 0 Å². The number of nitrogens with one attached hydrogen (secondary N) is 1. The smallest absolute Gasteiger partial charge is 0.231 e. The summed E-state index contributed by atoms with van der Waals surface area (Å²) in [6.45, 7) is 6.99.